The molecule has 0 aromatic heterocycles. The summed E-state index contributed by atoms with van der Waals surface area (Å²) in [6.45, 7) is 4.45. The molecule has 0 atom stereocenters. The third-order valence-corrected chi connectivity index (χ3v) is 5.54. The number of carbonyl (C=O) groups excluding carboxylic acids is 1. The molecule has 132 valence electrons. The number of halogens is 1. The van der Waals surface area contributed by atoms with E-state index in [9.17, 15) is 14.7 Å². The number of hydrogen-bond acceptors (Lipinski definition) is 3. The monoisotopic (exact) mass is 353 g/mol. The summed E-state index contributed by atoms with van der Waals surface area (Å²) in [5.41, 5.74) is -1.46. The molecule has 1 heterocycles. The summed E-state index contributed by atoms with van der Waals surface area (Å²) in [6, 6.07) is 7.32. The van der Waals surface area contributed by atoms with Crippen LogP contribution in [0.25, 0.3) is 0 Å². The molecule has 1 saturated heterocycles. The van der Waals surface area contributed by atoms with Gasteiger partial charge in [-0.25, -0.2) is 4.79 Å². The SMILES string of the molecule is CCC(CC)(C(=O)N1CCC(O)(C(=O)O)CC1)c1ccc(Cl)cc1. The zero-order chi connectivity index (χ0) is 18.0. The first kappa shape index (κ1) is 18.7. The molecule has 0 aliphatic carbocycles. The number of amides is 1. The van der Waals surface area contributed by atoms with Gasteiger partial charge in [-0.2, -0.15) is 0 Å². The molecule has 1 aromatic carbocycles. The van der Waals surface area contributed by atoms with Gasteiger partial charge < -0.3 is 15.1 Å². The van der Waals surface area contributed by atoms with Crippen molar-refractivity contribution in [3.63, 3.8) is 0 Å². The third-order valence-electron chi connectivity index (χ3n) is 5.29. The zero-order valence-electron chi connectivity index (χ0n) is 14.1. The topological polar surface area (TPSA) is 77.8 Å². The van der Waals surface area contributed by atoms with Crippen LogP contribution in [0.2, 0.25) is 5.02 Å². The second kappa shape index (κ2) is 7.11. The standard InChI is InChI=1S/C18H24ClNO4/c1-3-17(4-2,13-5-7-14(19)8-6-13)15(21)20-11-9-18(24,10-12-20)16(22)23/h5-8,24H,3-4,9-12H2,1-2H3,(H,22,23). The maximum absolute atomic E-state index is 13.2. The van der Waals surface area contributed by atoms with Crippen molar-refractivity contribution in [3.8, 4) is 0 Å². The summed E-state index contributed by atoms with van der Waals surface area (Å²) < 4.78 is 0. The molecule has 1 aliphatic heterocycles. The minimum absolute atomic E-state index is 0.0118. The number of benzene rings is 1. The van der Waals surface area contributed by atoms with Crippen LogP contribution < -0.4 is 0 Å². The van der Waals surface area contributed by atoms with Crippen molar-refractivity contribution < 1.29 is 19.8 Å². The molecular weight excluding hydrogens is 330 g/mol. The summed E-state index contributed by atoms with van der Waals surface area (Å²) in [4.78, 5) is 26.0. The van der Waals surface area contributed by atoms with E-state index in [1.807, 2.05) is 26.0 Å². The van der Waals surface area contributed by atoms with Crippen LogP contribution >= 0.6 is 11.6 Å². The molecule has 1 aliphatic rings. The molecule has 0 spiro atoms. The molecule has 2 N–H and O–H groups in total. The van der Waals surface area contributed by atoms with Gasteiger partial charge in [0.2, 0.25) is 5.91 Å². The largest absolute Gasteiger partial charge is 0.479 e. The molecule has 2 rings (SSSR count). The van der Waals surface area contributed by atoms with Gasteiger partial charge in [0, 0.05) is 31.0 Å². The summed E-state index contributed by atoms with van der Waals surface area (Å²) >= 11 is 5.96. The van der Waals surface area contributed by atoms with Gasteiger partial charge in [0.05, 0.1) is 5.41 Å². The highest BCUT2D eigenvalue weighted by atomic mass is 35.5. The number of likely N-dealkylation sites (tertiary alicyclic amines) is 1. The summed E-state index contributed by atoms with van der Waals surface area (Å²) in [5.74, 6) is -1.23. The zero-order valence-corrected chi connectivity index (χ0v) is 14.8. The van der Waals surface area contributed by atoms with Gasteiger partial charge >= 0.3 is 5.97 Å². The number of aliphatic carboxylic acids is 1. The van der Waals surface area contributed by atoms with Crippen molar-refractivity contribution in [2.45, 2.75) is 50.5 Å². The lowest BCUT2D eigenvalue weighted by Crippen LogP contribution is -2.55. The minimum atomic E-state index is -1.72. The van der Waals surface area contributed by atoms with Gasteiger partial charge in [-0.1, -0.05) is 37.6 Å². The van der Waals surface area contributed by atoms with Crippen LogP contribution in [-0.4, -0.2) is 45.7 Å². The summed E-state index contributed by atoms with van der Waals surface area (Å²) in [6.07, 6.45) is 1.39. The van der Waals surface area contributed by atoms with Crippen LogP contribution in [-0.2, 0) is 15.0 Å². The molecule has 0 saturated carbocycles. The van der Waals surface area contributed by atoms with Gasteiger partial charge in [-0.05, 0) is 30.5 Å². The van der Waals surface area contributed by atoms with E-state index < -0.39 is 17.0 Å². The van der Waals surface area contributed by atoms with Crippen LogP contribution in [0.1, 0.15) is 45.1 Å². The number of nitrogens with zero attached hydrogens (tertiary/aromatic N) is 1. The lowest BCUT2D eigenvalue weighted by atomic mass is 9.74. The van der Waals surface area contributed by atoms with Crippen molar-refractivity contribution in [2.75, 3.05) is 13.1 Å². The Morgan fingerprint density at radius 1 is 1.17 bits per heavy atom. The average Bonchev–Trinajstić information content (AvgIpc) is 2.58. The highest BCUT2D eigenvalue weighted by Gasteiger charge is 2.45. The van der Waals surface area contributed by atoms with Crippen LogP contribution in [0.15, 0.2) is 24.3 Å². The smallest absolute Gasteiger partial charge is 0.335 e. The Morgan fingerprint density at radius 2 is 1.67 bits per heavy atom. The normalized spacial score (nSPS) is 17.6. The van der Waals surface area contributed by atoms with Gasteiger partial charge in [0.25, 0.3) is 0 Å². The fraction of sp³-hybridized carbons (Fsp3) is 0.556. The predicted molar refractivity (Wildman–Crippen MR) is 92.1 cm³/mol. The molecule has 1 fully saturated rings. The van der Waals surface area contributed by atoms with E-state index in [0.29, 0.717) is 17.9 Å². The van der Waals surface area contributed by atoms with Crippen molar-refractivity contribution in [1.82, 2.24) is 4.90 Å². The number of piperidine rings is 1. The van der Waals surface area contributed by atoms with Gasteiger partial charge in [-0.15, -0.1) is 0 Å². The summed E-state index contributed by atoms with van der Waals surface area (Å²) in [5, 5.41) is 19.8. The van der Waals surface area contributed by atoms with E-state index in [4.69, 9.17) is 16.7 Å². The quantitative estimate of drug-likeness (QED) is 0.853. The molecule has 0 bridgehead atoms. The number of hydrogen-bond donors (Lipinski definition) is 2. The maximum atomic E-state index is 13.2. The highest BCUT2D eigenvalue weighted by molar-refractivity contribution is 6.30. The van der Waals surface area contributed by atoms with E-state index in [2.05, 4.69) is 0 Å². The van der Waals surface area contributed by atoms with E-state index in [1.165, 1.54) is 0 Å². The Morgan fingerprint density at radius 3 is 2.08 bits per heavy atom. The lowest BCUT2D eigenvalue weighted by Gasteiger charge is -2.41. The molecule has 5 nitrogen and oxygen atoms in total. The van der Waals surface area contributed by atoms with E-state index in [1.54, 1.807) is 17.0 Å². The first-order valence-electron chi connectivity index (χ1n) is 8.30. The molecule has 0 unspecified atom stereocenters. The second-order valence-corrected chi connectivity index (χ2v) is 6.86. The molecule has 0 radical (unpaired) electrons. The van der Waals surface area contributed by atoms with Gasteiger partial charge in [0.1, 0.15) is 0 Å². The van der Waals surface area contributed by atoms with Gasteiger partial charge in [0.15, 0.2) is 5.60 Å². The van der Waals surface area contributed by atoms with E-state index in [0.717, 1.165) is 5.56 Å². The van der Waals surface area contributed by atoms with Crippen LogP contribution in [0.5, 0.6) is 0 Å². The Labute approximate surface area is 147 Å². The minimum Gasteiger partial charge on any atom is -0.479 e. The fourth-order valence-electron chi connectivity index (χ4n) is 3.45. The number of rotatable bonds is 5. The molecule has 24 heavy (non-hydrogen) atoms. The first-order valence-corrected chi connectivity index (χ1v) is 8.68. The van der Waals surface area contributed by atoms with Crippen LogP contribution in [0.3, 0.4) is 0 Å². The van der Waals surface area contributed by atoms with E-state index in [-0.39, 0.29) is 31.8 Å². The highest BCUT2D eigenvalue weighted by Crippen LogP contribution is 2.36. The Kier molecular flexibility index (Phi) is 5.56. The molecule has 1 amide bonds. The lowest BCUT2D eigenvalue weighted by molar-refractivity contribution is -0.166. The Hall–Kier alpha value is -1.59. The summed E-state index contributed by atoms with van der Waals surface area (Å²) in [7, 11) is 0. The maximum Gasteiger partial charge on any atom is 0.335 e. The van der Waals surface area contributed by atoms with Gasteiger partial charge in [-0.3, -0.25) is 4.79 Å². The van der Waals surface area contributed by atoms with Crippen molar-refractivity contribution in [2.24, 2.45) is 0 Å². The van der Waals surface area contributed by atoms with E-state index >= 15 is 0 Å². The Bertz CT molecular complexity index is 602. The van der Waals surface area contributed by atoms with Crippen molar-refractivity contribution >= 4 is 23.5 Å². The number of carboxylic acid groups (broad SMARTS) is 1. The first-order chi connectivity index (χ1) is 11.3. The fourth-order valence-corrected chi connectivity index (χ4v) is 3.58. The second-order valence-electron chi connectivity index (χ2n) is 6.43. The average molecular weight is 354 g/mol. The van der Waals surface area contributed by atoms with Crippen LogP contribution in [0.4, 0.5) is 0 Å². The van der Waals surface area contributed by atoms with Crippen molar-refractivity contribution in [1.29, 1.82) is 0 Å². The van der Waals surface area contributed by atoms with Crippen LogP contribution in [0, 0.1) is 0 Å². The molecular formula is C18H24ClNO4. The molecule has 6 heteroatoms. The number of carbonyl (C=O) groups is 2. The number of aliphatic hydroxyl groups is 1. The molecule has 1 aromatic rings. The number of carboxylic acids is 1. The van der Waals surface area contributed by atoms with Crippen molar-refractivity contribution in [3.05, 3.63) is 34.9 Å². The third kappa shape index (κ3) is 3.28. The predicted octanol–water partition coefficient (Wildman–Crippen LogP) is 2.84. The Balaban J connectivity index is 2.24.